The summed E-state index contributed by atoms with van der Waals surface area (Å²) in [5.41, 5.74) is 3.13. The van der Waals surface area contributed by atoms with E-state index in [1.807, 2.05) is 0 Å². The standard InChI is InChI=1S/C16H28N2/c1-6-14-9-7-8-10-15(14)13-18(5)12-11-17-16(2,3)4/h7-10,17H,6,11-13H2,1-5H3. The van der Waals surface area contributed by atoms with E-state index in [-0.39, 0.29) is 5.54 Å². The Morgan fingerprint density at radius 3 is 2.28 bits per heavy atom. The highest BCUT2D eigenvalue weighted by molar-refractivity contribution is 5.26. The number of likely N-dealkylation sites (N-methyl/N-ethyl adjacent to an activating group) is 1. The largest absolute Gasteiger partial charge is 0.311 e. The van der Waals surface area contributed by atoms with Gasteiger partial charge in [0.15, 0.2) is 0 Å². The Balaban J connectivity index is 2.42. The lowest BCUT2D eigenvalue weighted by Crippen LogP contribution is -2.40. The highest BCUT2D eigenvalue weighted by atomic mass is 15.1. The van der Waals surface area contributed by atoms with E-state index in [1.54, 1.807) is 0 Å². The summed E-state index contributed by atoms with van der Waals surface area (Å²) >= 11 is 0. The van der Waals surface area contributed by atoms with Crippen molar-refractivity contribution in [3.8, 4) is 0 Å². The molecule has 0 aliphatic rings. The van der Waals surface area contributed by atoms with Gasteiger partial charge in [-0.2, -0.15) is 0 Å². The Bertz CT molecular complexity index is 352. The Labute approximate surface area is 112 Å². The van der Waals surface area contributed by atoms with Gasteiger partial charge in [-0.05, 0) is 45.4 Å². The van der Waals surface area contributed by atoms with Gasteiger partial charge in [-0.3, -0.25) is 0 Å². The Morgan fingerprint density at radius 1 is 1.11 bits per heavy atom. The molecule has 0 aliphatic carbocycles. The first kappa shape index (κ1) is 15.2. The fourth-order valence-corrected chi connectivity index (χ4v) is 2.05. The predicted molar refractivity (Wildman–Crippen MR) is 79.9 cm³/mol. The lowest BCUT2D eigenvalue weighted by Gasteiger charge is -2.24. The van der Waals surface area contributed by atoms with Crippen molar-refractivity contribution in [2.24, 2.45) is 0 Å². The second kappa shape index (κ2) is 6.91. The van der Waals surface area contributed by atoms with Crippen LogP contribution in [0.1, 0.15) is 38.8 Å². The smallest absolute Gasteiger partial charge is 0.0233 e. The van der Waals surface area contributed by atoms with Crippen LogP contribution in [0, 0.1) is 0 Å². The summed E-state index contributed by atoms with van der Waals surface area (Å²) in [6.07, 6.45) is 1.12. The van der Waals surface area contributed by atoms with E-state index in [0.29, 0.717) is 0 Å². The average molecular weight is 248 g/mol. The molecule has 0 bridgehead atoms. The molecule has 2 nitrogen and oxygen atoms in total. The van der Waals surface area contributed by atoms with E-state index in [4.69, 9.17) is 0 Å². The monoisotopic (exact) mass is 248 g/mol. The van der Waals surface area contributed by atoms with Gasteiger partial charge < -0.3 is 10.2 Å². The molecule has 0 radical (unpaired) electrons. The van der Waals surface area contributed by atoms with Gasteiger partial charge in [-0.15, -0.1) is 0 Å². The van der Waals surface area contributed by atoms with Crippen LogP contribution in [-0.4, -0.2) is 30.6 Å². The van der Waals surface area contributed by atoms with Crippen molar-refractivity contribution in [1.82, 2.24) is 10.2 Å². The van der Waals surface area contributed by atoms with Crippen molar-refractivity contribution >= 4 is 0 Å². The van der Waals surface area contributed by atoms with Crippen LogP contribution in [-0.2, 0) is 13.0 Å². The second-order valence-electron chi connectivity index (χ2n) is 6.04. The molecule has 0 unspecified atom stereocenters. The molecule has 0 saturated carbocycles. The summed E-state index contributed by atoms with van der Waals surface area (Å²) in [6.45, 7) is 12.0. The van der Waals surface area contributed by atoms with Gasteiger partial charge in [0.2, 0.25) is 0 Å². The van der Waals surface area contributed by atoms with Crippen LogP contribution >= 0.6 is 0 Å². The quantitative estimate of drug-likeness (QED) is 0.832. The van der Waals surface area contributed by atoms with Gasteiger partial charge in [-0.1, -0.05) is 31.2 Å². The minimum atomic E-state index is 0.210. The third-order valence-electron chi connectivity index (χ3n) is 3.09. The summed E-state index contributed by atoms with van der Waals surface area (Å²) in [6, 6.07) is 8.74. The molecule has 0 fully saturated rings. The second-order valence-corrected chi connectivity index (χ2v) is 6.04. The molecule has 18 heavy (non-hydrogen) atoms. The normalized spacial score (nSPS) is 12.1. The first-order chi connectivity index (χ1) is 8.42. The molecular formula is C16H28N2. The fraction of sp³-hybridized carbons (Fsp3) is 0.625. The van der Waals surface area contributed by atoms with E-state index < -0.39 is 0 Å². The van der Waals surface area contributed by atoms with Crippen molar-refractivity contribution in [2.45, 2.75) is 46.2 Å². The van der Waals surface area contributed by atoms with Crippen LogP contribution < -0.4 is 5.32 Å². The number of rotatable bonds is 6. The average Bonchev–Trinajstić information content (AvgIpc) is 2.28. The van der Waals surface area contributed by atoms with Crippen LogP contribution in [0.5, 0.6) is 0 Å². The lowest BCUT2D eigenvalue weighted by molar-refractivity contribution is 0.302. The van der Waals surface area contributed by atoms with Crippen molar-refractivity contribution in [2.75, 3.05) is 20.1 Å². The summed E-state index contributed by atoms with van der Waals surface area (Å²) in [7, 11) is 2.19. The maximum Gasteiger partial charge on any atom is 0.0233 e. The zero-order chi connectivity index (χ0) is 13.6. The van der Waals surface area contributed by atoms with Gasteiger partial charge in [0, 0.05) is 25.2 Å². The number of hydrogen-bond acceptors (Lipinski definition) is 2. The fourth-order valence-electron chi connectivity index (χ4n) is 2.05. The first-order valence-corrected chi connectivity index (χ1v) is 6.92. The van der Waals surface area contributed by atoms with Crippen LogP contribution in [0.15, 0.2) is 24.3 Å². The maximum atomic E-state index is 3.53. The van der Waals surface area contributed by atoms with Crippen LogP contribution in [0.25, 0.3) is 0 Å². The van der Waals surface area contributed by atoms with Gasteiger partial charge >= 0.3 is 0 Å². The molecule has 0 aromatic heterocycles. The molecule has 0 amide bonds. The van der Waals surface area contributed by atoms with Gasteiger partial charge in [0.1, 0.15) is 0 Å². The molecule has 0 heterocycles. The third kappa shape index (κ3) is 5.65. The summed E-state index contributed by atoms with van der Waals surface area (Å²) < 4.78 is 0. The maximum absolute atomic E-state index is 3.53. The minimum Gasteiger partial charge on any atom is -0.311 e. The molecular weight excluding hydrogens is 220 g/mol. The van der Waals surface area contributed by atoms with Gasteiger partial charge in [0.25, 0.3) is 0 Å². The highest BCUT2D eigenvalue weighted by Crippen LogP contribution is 2.11. The van der Waals surface area contributed by atoms with E-state index in [9.17, 15) is 0 Å². The third-order valence-corrected chi connectivity index (χ3v) is 3.09. The lowest BCUT2D eigenvalue weighted by atomic mass is 10.1. The Kier molecular flexibility index (Phi) is 5.83. The number of hydrogen-bond donors (Lipinski definition) is 1. The number of benzene rings is 1. The topological polar surface area (TPSA) is 15.3 Å². The number of aryl methyl sites for hydroxylation is 1. The number of nitrogens with one attached hydrogen (secondary N) is 1. The van der Waals surface area contributed by atoms with Crippen molar-refractivity contribution in [1.29, 1.82) is 0 Å². The Hall–Kier alpha value is -0.860. The predicted octanol–water partition coefficient (Wildman–Crippen LogP) is 3.07. The zero-order valence-corrected chi connectivity index (χ0v) is 12.6. The Morgan fingerprint density at radius 2 is 1.72 bits per heavy atom. The van der Waals surface area contributed by atoms with E-state index in [0.717, 1.165) is 26.1 Å². The first-order valence-electron chi connectivity index (χ1n) is 6.92. The molecule has 1 aromatic rings. The van der Waals surface area contributed by atoms with Crippen molar-refractivity contribution in [3.05, 3.63) is 35.4 Å². The molecule has 2 heteroatoms. The van der Waals surface area contributed by atoms with Crippen LogP contribution in [0.4, 0.5) is 0 Å². The SMILES string of the molecule is CCc1ccccc1CN(C)CCNC(C)(C)C. The van der Waals surface area contributed by atoms with Gasteiger partial charge in [-0.25, -0.2) is 0 Å². The molecule has 1 rings (SSSR count). The van der Waals surface area contributed by atoms with E-state index >= 15 is 0 Å². The summed E-state index contributed by atoms with van der Waals surface area (Å²) in [5.74, 6) is 0. The van der Waals surface area contributed by atoms with Crippen LogP contribution in [0.2, 0.25) is 0 Å². The van der Waals surface area contributed by atoms with Crippen molar-refractivity contribution in [3.63, 3.8) is 0 Å². The highest BCUT2D eigenvalue weighted by Gasteiger charge is 2.09. The molecule has 102 valence electrons. The molecule has 0 atom stereocenters. The summed E-state index contributed by atoms with van der Waals surface area (Å²) in [4.78, 5) is 2.38. The van der Waals surface area contributed by atoms with Gasteiger partial charge in [0.05, 0.1) is 0 Å². The van der Waals surface area contributed by atoms with Crippen molar-refractivity contribution < 1.29 is 0 Å². The molecule has 0 saturated heterocycles. The molecule has 1 N–H and O–H groups in total. The molecule has 0 aliphatic heterocycles. The van der Waals surface area contributed by atoms with Crippen LogP contribution in [0.3, 0.4) is 0 Å². The molecule has 1 aromatic carbocycles. The zero-order valence-electron chi connectivity index (χ0n) is 12.6. The van der Waals surface area contributed by atoms with E-state index in [1.165, 1.54) is 11.1 Å². The van der Waals surface area contributed by atoms with E-state index in [2.05, 4.69) is 69.2 Å². The molecule has 0 spiro atoms. The summed E-state index contributed by atoms with van der Waals surface area (Å²) in [5, 5.41) is 3.53. The number of nitrogens with zero attached hydrogens (tertiary/aromatic N) is 1. The minimum absolute atomic E-state index is 0.210.